The van der Waals surface area contributed by atoms with Crippen molar-refractivity contribution in [3.05, 3.63) is 71.3 Å². The van der Waals surface area contributed by atoms with Crippen LogP contribution in [0.25, 0.3) is 5.57 Å². The van der Waals surface area contributed by atoms with E-state index in [1.165, 1.54) is 12.1 Å². The molecule has 1 nitrogen and oxygen atoms in total. The van der Waals surface area contributed by atoms with Crippen molar-refractivity contribution < 1.29 is 4.39 Å². The van der Waals surface area contributed by atoms with E-state index in [4.69, 9.17) is 0 Å². The van der Waals surface area contributed by atoms with Crippen LogP contribution >= 0.6 is 0 Å². The van der Waals surface area contributed by atoms with Gasteiger partial charge in [-0.1, -0.05) is 18.4 Å². The number of allylic oxidation sites excluding steroid dienone is 1. The number of aryl methyl sites for hydroxylation is 1. The molecule has 0 unspecified atom stereocenters. The van der Waals surface area contributed by atoms with Gasteiger partial charge in [-0.2, -0.15) is 0 Å². The van der Waals surface area contributed by atoms with Gasteiger partial charge in [0.2, 0.25) is 0 Å². The van der Waals surface area contributed by atoms with Gasteiger partial charge in [-0.3, -0.25) is 4.98 Å². The zero-order valence-corrected chi connectivity index (χ0v) is 11.0. The summed E-state index contributed by atoms with van der Waals surface area (Å²) in [5, 5.41) is 0. The Hall–Kier alpha value is -2.40. The van der Waals surface area contributed by atoms with E-state index in [2.05, 4.69) is 23.4 Å². The minimum atomic E-state index is -0.256. The first kappa shape index (κ1) is 13.0. The molecule has 0 saturated heterocycles. The summed E-state index contributed by atoms with van der Waals surface area (Å²) in [5.41, 5.74) is 4.52. The third-order valence-corrected chi connectivity index (χ3v) is 2.68. The third-order valence-electron chi connectivity index (χ3n) is 2.68. The second kappa shape index (κ2) is 5.49. The largest absolute Gasteiger partial charge is 0.255 e. The Kier molecular flexibility index (Phi) is 3.77. The molecule has 0 N–H and O–H groups in total. The Morgan fingerprint density at radius 3 is 2.37 bits per heavy atom. The molecule has 0 saturated carbocycles. The molecule has 1 aromatic carbocycles. The number of rotatable bonds is 1. The highest BCUT2D eigenvalue weighted by molar-refractivity contribution is 5.61. The molecule has 0 radical (unpaired) electrons. The smallest absolute Gasteiger partial charge is 0.123 e. The first-order valence-corrected chi connectivity index (χ1v) is 5.96. The summed E-state index contributed by atoms with van der Waals surface area (Å²) in [6.45, 7) is 7.80. The van der Waals surface area contributed by atoms with E-state index in [9.17, 15) is 4.39 Å². The molecule has 2 rings (SSSR count). The molecule has 0 aliphatic carbocycles. The van der Waals surface area contributed by atoms with E-state index in [1.807, 2.05) is 19.9 Å². The summed E-state index contributed by atoms with van der Waals surface area (Å²) in [6, 6.07) is 8.10. The lowest BCUT2D eigenvalue weighted by Gasteiger charge is -2.03. The summed E-state index contributed by atoms with van der Waals surface area (Å²) in [6.07, 6.45) is 1.73. The van der Waals surface area contributed by atoms with E-state index in [0.717, 1.165) is 28.0 Å². The molecule has 1 heterocycles. The highest BCUT2D eigenvalue weighted by Crippen LogP contribution is 2.14. The van der Waals surface area contributed by atoms with Crippen molar-refractivity contribution in [3.63, 3.8) is 0 Å². The van der Waals surface area contributed by atoms with Gasteiger partial charge >= 0.3 is 0 Å². The summed E-state index contributed by atoms with van der Waals surface area (Å²) < 4.78 is 12.8. The molecule has 0 aliphatic heterocycles. The van der Waals surface area contributed by atoms with Crippen molar-refractivity contribution in [1.29, 1.82) is 0 Å². The van der Waals surface area contributed by atoms with Gasteiger partial charge in [0, 0.05) is 17.3 Å². The highest BCUT2D eigenvalue weighted by Gasteiger charge is 2.00. The van der Waals surface area contributed by atoms with Crippen molar-refractivity contribution in [2.24, 2.45) is 0 Å². The Bertz CT molecular complexity index is 673. The number of benzene rings is 1. The minimum absolute atomic E-state index is 0.256. The van der Waals surface area contributed by atoms with Gasteiger partial charge in [0.05, 0.1) is 5.69 Å². The van der Waals surface area contributed by atoms with Crippen LogP contribution in [0.3, 0.4) is 0 Å². The second-order valence-electron chi connectivity index (χ2n) is 4.43. The first-order valence-electron chi connectivity index (χ1n) is 5.96. The second-order valence-corrected chi connectivity index (χ2v) is 4.43. The molecule has 0 bridgehead atoms. The molecular weight excluding hydrogens is 237 g/mol. The van der Waals surface area contributed by atoms with Crippen molar-refractivity contribution in [3.8, 4) is 11.8 Å². The molecule has 94 valence electrons. The van der Waals surface area contributed by atoms with Gasteiger partial charge in [-0.15, -0.1) is 0 Å². The Morgan fingerprint density at radius 1 is 1.16 bits per heavy atom. The van der Waals surface area contributed by atoms with E-state index >= 15 is 0 Å². The van der Waals surface area contributed by atoms with Gasteiger partial charge < -0.3 is 0 Å². The van der Waals surface area contributed by atoms with Crippen molar-refractivity contribution in [2.45, 2.75) is 13.8 Å². The average Bonchev–Trinajstić information content (AvgIpc) is 2.37. The van der Waals surface area contributed by atoms with Crippen LogP contribution in [-0.2, 0) is 0 Å². The summed E-state index contributed by atoms with van der Waals surface area (Å²) in [5.74, 6) is 5.75. The van der Waals surface area contributed by atoms with E-state index in [0.29, 0.717) is 0 Å². The molecule has 0 fully saturated rings. The zero-order chi connectivity index (χ0) is 13.8. The lowest BCUT2D eigenvalue weighted by molar-refractivity contribution is 0.627. The van der Waals surface area contributed by atoms with Crippen LogP contribution in [-0.4, -0.2) is 4.98 Å². The highest BCUT2D eigenvalue weighted by atomic mass is 19.1. The number of pyridine rings is 1. The van der Waals surface area contributed by atoms with Crippen molar-refractivity contribution in [2.75, 3.05) is 0 Å². The van der Waals surface area contributed by atoms with E-state index in [1.54, 1.807) is 18.3 Å². The van der Waals surface area contributed by atoms with Crippen LogP contribution in [0.15, 0.2) is 43.1 Å². The summed E-state index contributed by atoms with van der Waals surface area (Å²) in [4.78, 5) is 4.34. The molecule has 0 amide bonds. The van der Waals surface area contributed by atoms with Gasteiger partial charge in [0.15, 0.2) is 0 Å². The predicted octanol–water partition coefficient (Wildman–Crippen LogP) is 3.96. The number of nitrogens with zero attached hydrogens (tertiary/aromatic N) is 1. The lowest BCUT2D eigenvalue weighted by Crippen LogP contribution is -1.91. The van der Waals surface area contributed by atoms with Crippen molar-refractivity contribution in [1.82, 2.24) is 4.98 Å². The quantitative estimate of drug-likeness (QED) is 0.699. The fraction of sp³-hybridized carbons (Fsp3) is 0.118. The Labute approximate surface area is 112 Å². The molecule has 1 aromatic heterocycles. The molecule has 0 spiro atoms. The fourth-order valence-corrected chi connectivity index (χ4v) is 1.77. The average molecular weight is 251 g/mol. The first-order chi connectivity index (χ1) is 9.06. The molecule has 0 atom stereocenters. The monoisotopic (exact) mass is 251 g/mol. The van der Waals surface area contributed by atoms with Crippen molar-refractivity contribution >= 4 is 5.57 Å². The molecular formula is C17H14FN. The van der Waals surface area contributed by atoms with Gasteiger partial charge in [-0.25, -0.2) is 4.39 Å². The van der Waals surface area contributed by atoms with E-state index in [-0.39, 0.29) is 5.82 Å². The number of halogens is 1. The van der Waals surface area contributed by atoms with E-state index < -0.39 is 0 Å². The third kappa shape index (κ3) is 3.29. The van der Waals surface area contributed by atoms with Gasteiger partial charge in [-0.05, 0) is 55.3 Å². The van der Waals surface area contributed by atoms with Crippen LogP contribution in [0.4, 0.5) is 4.39 Å². The predicted molar refractivity (Wildman–Crippen MR) is 76.1 cm³/mol. The maximum Gasteiger partial charge on any atom is 0.123 e. The van der Waals surface area contributed by atoms with Crippen LogP contribution in [0, 0.1) is 24.6 Å². The maximum absolute atomic E-state index is 12.8. The number of aromatic nitrogens is 1. The summed E-state index contributed by atoms with van der Waals surface area (Å²) >= 11 is 0. The SMILES string of the molecule is C=C(C)c1ncc(C#Cc2ccc(F)cc2)cc1C. The molecule has 19 heavy (non-hydrogen) atoms. The Morgan fingerprint density at radius 2 is 1.79 bits per heavy atom. The fourth-order valence-electron chi connectivity index (χ4n) is 1.77. The standard InChI is InChI=1S/C17H14FN/c1-12(2)17-13(3)10-15(11-19-17)5-4-14-6-8-16(18)9-7-14/h6-11H,1H2,2-3H3. The van der Waals surface area contributed by atoms with Gasteiger partial charge in [0.1, 0.15) is 5.82 Å². The molecule has 2 aromatic rings. The normalized spacial score (nSPS) is 9.63. The maximum atomic E-state index is 12.8. The van der Waals surface area contributed by atoms with Crippen LogP contribution in [0.1, 0.15) is 29.3 Å². The number of hydrogen-bond donors (Lipinski definition) is 0. The topological polar surface area (TPSA) is 12.9 Å². The van der Waals surface area contributed by atoms with Crippen LogP contribution < -0.4 is 0 Å². The lowest BCUT2D eigenvalue weighted by atomic mass is 10.1. The Balaban J connectivity index is 2.27. The molecule has 0 aliphatic rings. The summed E-state index contributed by atoms with van der Waals surface area (Å²) in [7, 11) is 0. The number of hydrogen-bond acceptors (Lipinski definition) is 1. The minimum Gasteiger partial charge on any atom is -0.255 e. The van der Waals surface area contributed by atoms with Gasteiger partial charge in [0.25, 0.3) is 0 Å². The molecule has 2 heteroatoms. The zero-order valence-electron chi connectivity index (χ0n) is 11.0. The van der Waals surface area contributed by atoms with Crippen LogP contribution in [0.5, 0.6) is 0 Å². The van der Waals surface area contributed by atoms with Crippen LogP contribution in [0.2, 0.25) is 0 Å².